The number of anilines is 1. The standard InChI is InChI=1S/C10H16N2O3S2/c1-15-5-2-6-16-8-3-4-10(9(11)7-8)17(12,13)14/h3-4,7H,2,5-6,11H2,1H3,(H2,12,13,14). The number of benzene rings is 1. The predicted octanol–water partition coefficient (Wildman–Crippen LogP) is 1.04. The van der Waals surface area contributed by atoms with Gasteiger partial charge < -0.3 is 10.5 Å². The van der Waals surface area contributed by atoms with Gasteiger partial charge in [-0.3, -0.25) is 0 Å². The highest BCUT2D eigenvalue weighted by atomic mass is 32.2. The van der Waals surface area contributed by atoms with E-state index in [2.05, 4.69) is 0 Å². The van der Waals surface area contributed by atoms with E-state index in [1.807, 2.05) is 0 Å². The maximum absolute atomic E-state index is 11.1. The SMILES string of the molecule is COCCCSc1ccc(S(N)(=O)=O)c(N)c1. The molecular formula is C10H16N2O3S2. The molecule has 96 valence electrons. The first kappa shape index (κ1) is 14.3. The Morgan fingerprint density at radius 2 is 2.12 bits per heavy atom. The van der Waals surface area contributed by atoms with Crippen LogP contribution in [0.3, 0.4) is 0 Å². The average Bonchev–Trinajstić information content (AvgIpc) is 2.23. The zero-order valence-corrected chi connectivity index (χ0v) is 11.2. The van der Waals surface area contributed by atoms with Crippen molar-refractivity contribution in [1.82, 2.24) is 0 Å². The summed E-state index contributed by atoms with van der Waals surface area (Å²) in [4.78, 5) is 0.893. The Bertz CT molecular complexity index is 474. The Morgan fingerprint density at radius 3 is 2.65 bits per heavy atom. The van der Waals surface area contributed by atoms with Crippen LogP contribution in [0.4, 0.5) is 5.69 Å². The van der Waals surface area contributed by atoms with Crippen LogP contribution < -0.4 is 10.9 Å². The Labute approximate surface area is 106 Å². The average molecular weight is 276 g/mol. The van der Waals surface area contributed by atoms with Crippen molar-refractivity contribution >= 4 is 27.5 Å². The molecule has 1 rings (SSSR count). The number of sulfonamides is 1. The van der Waals surface area contributed by atoms with Crippen LogP contribution in [0.15, 0.2) is 28.0 Å². The van der Waals surface area contributed by atoms with E-state index in [1.165, 1.54) is 6.07 Å². The lowest BCUT2D eigenvalue weighted by molar-refractivity contribution is 0.200. The van der Waals surface area contributed by atoms with Crippen molar-refractivity contribution in [1.29, 1.82) is 0 Å². The second-order valence-corrected chi connectivity index (χ2v) is 6.14. The van der Waals surface area contributed by atoms with E-state index in [0.717, 1.165) is 17.1 Å². The van der Waals surface area contributed by atoms with Crippen LogP contribution >= 0.6 is 11.8 Å². The number of rotatable bonds is 6. The minimum Gasteiger partial charge on any atom is -0.398 e. The molecule has 7 heteroatoms. The molecule has 0 spiro atoms. The van der Waals surface area contributed by atoms with Gasteiger partial charge in [0.15, 0.2) is 0 Å². The molecule has 0 amide bonds. The monoisotopic (exact) mass is 276 g/mol. The molecule has 5 nitrogen and oxygen atoms in total. The van der Waals surface area contributed by atoms with Crippen molar-refractivity contribution in [3.05, 3.63) is 18.2 Å². The molecule has 0 atom stereocenters. The van der Waals surface area contributed by atoms with Crippen LogP contribution in [0.2, 0.25) is 0 Å². The summed E-state index contributed by atoms with van der Waals surface area (Å²) in [6.07, 6.45) is 0.929. The summed E-state index contributed by atoms with van der Waals surface area (Å²) in [6.45, 7) is 0.706. The van der Waals surface area contributed by atoms with Crippen molar-refractivity contribution in [3.63, 3.8) is 0 Å². The van der Waals surface area contributed by atoms with Gasteiger partial charge in [0.2, 0.25) is 10.0 Å². The summed E-state index contributed by atoms with van der Waals surface area (Å²) in [5.41, 5.74) is 5.83. The molecule has 0 aliphatic rings. The molecule has 1 aromatic carbocycles. The van der Waals surface area contributed by atoms with Crippen LogP contribution in [0.25, 0.3) is 0 Å². The Hall–Kier alpha value is -0.760. The highest BCUT2D eigenvalue weighted by molar-refractivity contribution is 7.99. The summed E-state index contributed by atoms with van der Waals surface area (Å²) >= 11 is 1.60. The van der Waals surface area contributed by atoms with E-state index in [9.17, 15) is 8.42 Å². The van der Waals surface area contributed by atoms with Crippen LogP contribution in [-0.2, 0) is 14.8 Å². The third kappa shape index (κ3) is 4.55. The van der Waals surface area contributed by atoms with Gasteiger partial charge in [-0.1, -0.05) is 0 Å². The van der Waals surface area contributed by atoms with E-state index in [4.69, 9.17) is 15.6 Å². The van der Waals surface area contributed by atoms with Crippen molar-refractivity contribution in [2.45, 2.75) is 16.2 Å². The van der Waals surface area contributed by atoms with Crippen molar-refractivity contribution in [3.8, 4) is 0 Å². The van der Waals surface area contributed by atoms with Crippen LogP contribution in [0.5, 0.6) is 0 Å². The summed E-state index contributed by atoms with van der Waals surface area (Å²) in [5.74, 6) is 0.891. The number of nitrogen functional groups attached to an aromatic ring is 1. The van der Waals surface area contributed by atoms with Crippen molar-refractivity contribution in [2.75, 3.05) is 25.2 Å². The van der Waals surface area contributed by atoms with Gasteiger partial charge in [0.25, 0.3) is 0 Å². The van der Waals surface area contributed by atoms with Gasteiger partial charge in [-0.25, -0.2) is 13.6 Å². The van der Waals surface area contributed by atoms with E-state index < -0.39 is 10.0 Å². The molecule has 0 bridgehead atoms. The Kier molecular flexibility index (Phi) is 5.26. The van der Waals surface area contributed by atoms with E-state index in [0.29, 0.717) is 6.61 Å². The molecule has 1 aromatic rings. The predicted molar refractivity (Wildman–Crippen MR) is 69.4 cm³/mol. The van der Waals surface area contributed by atoms with Gasteiger partial charge in [-0.05, 0) is 24.6 Å². The summed E-state index contributed by atoms with van der Waals surface area (Å²) in [6, 6.07) is 4.76. The molecule has 0 saturated heterocycles. The van der Waals surface area contributed by atoms with E-state index in [-0.39, 0.29) is 10.6 Å². The summed E-state index contributed by atoms with van der Waals surface area (Å²) in [7, 11) is -2.08. The third-order valence-corrected chi connectivity index (χ3v) is 4.11. The maximum atomic E-state index is 11.1. The van der Waals surface area contributed by atoms with Gasteiger partial charge in [0.1, 0.15) is 4.90 Å². The normalized spacial score (nSPS) is 11.6. The van der Waals surface area contributed by atoms with Crippen molar-refractivity contribution in [2.24, 2.45) is 5.14 Å². The quantitative estimate of drug-likeness (QED) is 0.460. The molecule has 0 fully saturated rings. The molecule has 0 aromatic heterocycles. The lowest BCUT2D eigenvalue weighted by Gasteiger charge is -2.06. The first-order valence-electron chi connectivity index (χ1n) is 4.99. The molecule has 4 N–H and O–H groups in total. The zero-order valence-electron chi connectivity index (χ0n) is 9.55. The molecule has 0 heterocycles. The first-order chi connectivity index (χ1) is 7.95. The summed E-state index contributed by atoms with van der Waals surface area (Å²) < 4.78 is 27.2. The molecule has 0 radical (unpaired) electrons. The molecule has 0 unspecified atom stereocenters. The second kappa shape index (κ2) is 6.25. The number of hydrogen-bond donors (Lipinski definition) is 2. The number of thioether (sulfide) groups is 1. The van der Waals surface area contributed by atoms with Gasteiger partial charge >= 0.3 is 0 Å². The van der Waals surface area contributed by atoms with E-state index >= 15 is 0 Å². The number of hydrogen-bond acceptors (Lipinski definition) is 5. The minimum atomic E-state index is -3.73. The van der Waals surface area contributed by atoms with E-state index in [1.54, 1.807) is 31.0 Å². The minimum absolute atomic E-state index is 0.0289. The highest BCUT2D eigenvalue weighted by Crippen LogP contribution is 2.25. The highest BCUT2D eigenvalue weighted by Gasteiger charge is 2.12. The fraction of sp³-hybridized carbons (Fsp3) is 0.400. The molecule has 0 aliphatic carbocycles. The fourth-order valence-electron chi connectivity index (χ4n) is 1.27. The third-order valence-electron chi connectivity index (χ3n) is 2.05. The molecule has 0 aliphatic heterocycles. The van der Waals surface area contributed by atoms with Crippen LogP contribution in [0, 0.1) is 0 Å². The smallest absolute Gasteiger partial charge is 0.240 e. The molecule has 0 saturated carbocycles. The lowest BCUT2D eigenvalue weighted by atomic mass is 10.3. The Balaban J connectivity index is 2.70. The first-order valence-corrected chi connectivity index (χ1v) is 7.52. The topological polar surface area (TPSA) is 95.4 Å². The van der Waals surface area contributed by atoms with Gasteiger partial charge in [-0.15, -0.1) is 11.8 Å². The number of primary sulfonamides is 1. The zero-order chi connectivity index (χ0) is 12.9. The van der Waals surface area contributed by atoms with Crippen LogP contribution in [-0.4, -0.2) is 27.9 Å². The second-order valence-electron chi connectivity index (χ2n) is 3.44. The lowest BCUT2D eigenvalue weighted by Crippen LogP contribution is -2.14. The number of methoxy groups -OCH3 is 1. The number of ether oxygens (including phenoxy) is 1. The van der Waals surface area contributed by atoms with Gasteiger partial charge in [-0.2, -0.15) is 0 Å². The summed E-state index contributed by atoms with van der Waals surface area (Å²) in [5, 5.41) is 5.02. The van der Waals surface area contributed by atoms with Gasteiger partial charge in [0, 0.05) is 24.4 Å². The number of nitrogens with two attached hydrogens (primary N) is 2. The molecular weight excluding hydrogens is 260 g/mol. The largest absolute Gasteiger partial charge is 0.398 e. The van der Waals surface area contributed by atoms with Gasteiger partial charge in [0.05, 0.1) is 5.69 Å². The Morgan fingerprint density at radius 1 is 1.41 bits per heavy atom. The molecule has 17 heavy (non-hydrogen) atoms. The maximum Gasteiger partial charge on any atom is 0.240 e. The fourth-order valence-corrected chi connectivity index (χ4v) is 2.79. The van der Waals surface area contributed by atoms with Crippen LogP contribution in [0.1, 0.15) is 6.42 Å². The van der Waals surface area contributed by atoms with Crippen molar-refractivity contribution < 1.29 is 13.2 Å².